The van der Waals surface area contributed by atoms with Crippen LogP contribution in [0.3, 0.4) is 0 Å². The fraction of sp³-hybridized carbons (Fsp3) is 0.714. The second-order valence-electron chi connectivity index (χ2n) is 6.12. The summed E-state index contributed by atoms with van der Waals surface area (Å²) in [5.74, 6) is -0.0779. The molecule has 0 spiro atoms. The SMILES string of the molecule is C=C(C)C(=O)C1(C)CCCN1C(=O)OC(C)(C)C. The standard InChI is InChI=1S/C14H23NO3/c1-10(2)11(16)14(6)8-7-9-15(14)12(17)18-13(3,4)5/h1,7-9H2,2-6H3. The minimum atomic E-state index is -0.797. The summed E-state index contributed by atoms with van der Waals surface area (Å²) in [7, 11) is 0. The van der Waals surface area contributed by atoms with Gasteiger partial charge in [0, 0.05) is 6.54 Å². The van der Waals surface area contributed by atoms with Gasteiger partial charge >= 0.3 is 6.09 Å². The molecule has 4 heteroatoms. The van der Waals surface area contributed by atoms with Crippen LogP contribution in [0.4, 0.5) is 4.79 Å². The molecule has 0 aromatic rings. The van der Waals surface area contributed by atoms with E-state index in [4.69, 9.17) is 4.74 Å². The Labute approximate surface area is 109 Å². The van der Waals surface area contributed by atoms with Gasteiger partial charge in [-0.3, -0.25) is 9.69 Å². The van der Waals surface area contributed by atoms with Crippen LogP contribution in [-0.4, -0.2) is 34.5 Å². The van der Waals surface area contributed by atoms with Gasteiger partial charge < -0.3 is 4.74 Å². The van der Waals surface area contributed by atoms with Gasteiger partial charge in [0.2, 0.25) is 0 Å². The van der Waals surface area contributed by atoms with E-state index in [1.807, 2.05) is 20.8 Å². The summed E-state index contributed by atoms with van der Waals surface area (Å²) in [4.78, 5) is 25.9. The number of ether oxygens (including phenoxy) is 1. The maximum absolute atomic E-state index is 12.2. The maximum Gasteiger partial charge on any atom is 0.411 e. The molecular weight excluding hydrogens is 230 g/mol. The van der Waals surface area contributed by atoms with Crippen LogP contribution in [0.5, 0.6) is 0 Å². The van der Waals surface area contributed by atoms with Crippen molar-refractivity contribution in [3.05, 3.63) is 12.2 Å². The molecule has 18 heavy (non-hydrogen) atoms. The first-order valence-electron chi connectivity index (χ1n) is 6.29. The van der Waals surface area contributed by atoms with E-state index in [1.165, 1.54) is 4.90 Å². The molecule has 1 aliphatic heterocycles. The molecule has 0 saturated carbocycles. The zero-order chi connectivity index (χ0) is 14.1. The largest absolute Gasteiger partial charge is 0.444 e. The number of likely N-dealkylation sites (tertiary alicyclic amines) is 1. The molecular formula is C14H23NO3. The van der Waals surface area contributed by atoms with E-state index in [-0.39, 0.29) is 5.78 Å². The molecule has 0 aromatic carbocycles. The number of hydrogen-bond donors (Lipinski definition) is 0. The molecule has 1 aliphatic rings. The van der Waals surface area contributed by atoms with Crippen LogP contribution in [0, 0.1) is 0 Å². The fourth-order valence-corrected chi connectivity index (χ4v) is 2.27. The van der Waals surface area contributed by atoms with Crippen molar-refractivity contribution in [2.45, 2.75) is 58.6 Å². The van der Waals surface area contributed by atoms with E-state index in [0.29, 0.717) is 18.5 Å². The van der Waals surface area contributed by atoms with Crippen molar-refractivity contribution >= 4 is 11.9 Å². The third kappa shape index (κ3) is 2.92. The first-order chi connectivity index (χ1) is 8.08. The zero-order valence-corrected chi connectivity index (χ0v) is 12.0. The van der Waals surface area contributed by atoms with Crippen LogP contribution in [0.2, 0.25) is 0 Å². The van der Waals surface area contributed by atoms with Crippen molar-refractivity contribution in [1.82, 2.24) is 4.90 Å². The van der Waals surface area contributed by atoms with Crippen LogP contribution in [0.15, 0.2) is 12.2 Å². The van der Waals surface area contributed by atoms with Crippen molar-refractivity contribution in [2.75, 3.05) is 6.54 Å². The topological polar surface area (TPSA) is 46.6 Å². The lowest BCUT2D eigenvalue weighted by atomic mass is 9.90. The predicted molar refractivity (Wildman–Crippen MR) is 70.4 cm³/mol. The molecule has 0 aliphatic carbocycles. The second kappa shape index (κ2) is 4.75. The van der Waals surface area contributed by atoms with Gasteiger partial charge in [0.25, 0.3) is 0 Å². The molecule has 1 heterocycles. The number of hydrogen-bond acceptors (Lipinski definition) is 3. The van der Waals surface area contributed by atoms with Gasteiger partial charge in [0.05, 0.1) is 0 Å². The molecule has 0 N–H and O–H groups in total. The molecule has 1 unspecified atom stereocenters. The van der Waals surface area contributed by atoms with E-state index in [1.54, 1.807) is 13.8 Å². The van der Waals surface area contributed by atoms with Gasteiger partial charge in [0.1, 0.15) is 11.1 Å². The van der Waals surface area contributed by atoms with E-state index in [9.17, 15) is 9.59 Å². The monoisotopic (exact) mass is 253 g/mol. The fourth-order valence-electron chi connectivity index (χ4n) is 2.27. The highest BCUT2D eigenvalue weighted by molar-refractivity contribution is 6.03. The van der Waals surface area contributed by atoms with Crippen molar-refractivity contribution in [1.29, 1.82) is 0 Å². The Hall–Kier alpha value is -1.32. The van der Waals surface area contributed by atoms with E-state index in [2.05, 4.69) is 6.58 Å². The summed E-state index contributed by atoms with van der Waals surface area (Å²) in [6.45, 7) is 13.2. The smallest absolute Gasteiger partial charge is 0.411 e. The van der Waals surface area contributed by atoms with Crippen LogP contribution in [0.1, 0.15) is 47.5 Å². The number of amides is 1. The summed E-state index contributed by atoms with van der Waals surface area (Å²) in [6.07, 6.45) is 1.06. The summed E-state index contributed by atoms with van der Waals surface area (Å²) in [6, 6.07) is 0. The van der Waals surface area contributed by atoms with Crippen molar-refractivity contribution in [3.8, 4) is 0 Å². The van der Waals surface area contributed by atoms with Crippen LogP contribution in [0.25, 0.3) is 0 Å². The molecule has 1 fully saturated rings. The molecule has 0 radical (unpaired) electrons. The van der Waals surface area contributed by atoms with E-state index < -0.39 is 17.2 Å². The van der Waals surface area contributed by atoms with Crippen molar-refractivity contribution in [2.24, 2.45) is 0 Å². The number of ketones is 1. The third-order valence-electron chi connectivity index (χ3n) is 3.13. The Morgan fingerprint density at radius 1 is 1.33 bits per heavy atom. The quantitative estimate of drug-likeness (QED) is 0.711. The van der Waals surface area contributed by atoms with E-state index >= 15 is 0 Å². The van der Waals surface area contributed by atoms with Crippen LogP contribution in [-0.2, 0) is 9.53 Å². The number of rotatable bonds is 2. The predicted octanol–water partition coefficient (Wildman–Crippen LogP) is 2.92. The van der Waals surface area contributed by atoms with Crippen molar-refractivity contribution in [3.63, 3.8) is 0 Å². The van der Waals surface area contributed by atoms with Crippen molar-refractivity contribution < 1.29 is 14.3 Å². The number of carbonyl (C=O) groups excluding carboxylic acids is 2. The Kier molecular flexibility index (Phi) is 3.89. The average Bonchev–Trinajstić information content (AvgIpc) is 2.57. The first kappa shape index (κ1) is 14.7. The number of Topliss-reactive ketones (excluding diaryl/α,β-unsaturated/α-hetero) is 1. The number of carbonyl (C=O) groups is 2. The highest BCUT2D eigenvalue weighted by atomic mass is 16.6. The van der Waals surface area contributed by atoms with Gasteiger partial charge in [-0.25, -0.2) is 4.79 Å². The molecule has 1 atom stereocenters. The highest BCUT2D eigenvalue weighted by Crippen LogP contribution is 2.33. The summed E-state index contributed by atoms with van der Waals surface area (Å²) < 4.78 is 5.35. The molecule has 4 nitrogen and oxygen atoms in total. The lowest BCUT2D eigenvalue weighted by Gasteiger charge is -2.35. The molecule has 1 amide bonds. The minimum absolute atomic E-state index is 0.0779. The van der Waals surface area contributed by atoms with Gasteiger partial charge in [-0.05, 0) is 53.0 Å². The van der Waals surface area contributed by atoms with Gasteiger partial charge in [-0.2, -0.15) is 0 Å². The summed E-state index contributed by atoms with van der Waals surface area (Å²) in [5.41, 5.74) is -0.867. The normalized spacial score (nSPS) is 23.9. The Balaban J connectivity index is 2.91. The van der Waals surface area contributed by atoms with Crippen LogP contribution < -0.4 is 0 Å². The lowest BCUT2D eigenvalue weighted by molar-refractivity contribution is -0.124. The summed E-state index contributed by atoms with van der Waals surface area (Å²) in [5, 5.41) is 0. The zero-order valence-electron chi connectivity index (χ0n) is 12.0. The van der Waals surface area contributed by atoms with Gasteiger partial charge in [-0.15, -0.1) is 0 Å². The van der Waals surface area contributed by atoms with Crippen LogP contribution >= 0.6 is 0 Å². The molecule has 1 saturated heterocycles. The summed E-state index contributed by atoms with van der Waals surface area (Å²) >= 11 is 0. The Morgan fingerprint density at radius 3 is 2.33 bits per heavy atom. The third-order valence-corrected chi connectivity index (χ3v) is 3.13. The molecule has 0 bridgehead atoms. The second-order valence-corrected chi connectivity index (χ2v) is 6.12. The minimum Gasteiger partial charge on any atom is -0.444 e. The highest BCUT2D eigenvalue weighted by Gasteiger charge is 2.46. The van der Waals surface area contributed by atoms with Gasteiger partial charge in [0.15, 0.2) is 5.78 Å². The first-order valence-corrected chi connectivity index (χ1v) is 6.29. The Bertz CT molecular complexity index is 381. The average molecular weight is 253 g/mol. The van der Waals surface area contributed by atoms with Gasteiger partial charge in [-0.1, -0.05) is 6.58 Å². The Morgan fingerprint density at radius 2 is 1.89 bits per heavy atom. The molecule has 0 aromatic heterocycles. The maximum atomic E-state index is 12.2. The molecule has 1 rings (SSSR count). The molecule has 102 valence electrons. The van der Waals surface area contributed by atoms with E-state index in [0.717, 1.165) is 6.42 Å². The lowest BCUT2D eigenvalue weighted by Crippen LogP contribution is -2.52. The number of nitrogens with zero attached hydrogens (tertiary/aromatic N) is 1.